The van der Waals surface area contributed by atoms with Crippen LogP contribution in [-0.2, 0) is 4.74 Å². The molecule has 0 aliphatic carbocycles. The predicted molar refractivity (Wildman–Crippen MR) is 126 cm³/mol. The molecule has 0 fully saturated rings. The van der Waals surface area contributed by atoms with Crippen LogP contribution < -0.4 is 9.47 Å². The fourth-order valence-electron chi connectivity index (χ4n) is 3.72. The van der Waals surface area contributed by atoms with E-state index in [9.17, 15) is 0 Å². The lowest BCUT2D eigenvalue weighted by molar-refractivity contribution is 0.281. The molecule has 30 heavy (non-hydrogen) atoms. The minimum absolute atomic E-state index is 0.619. The van der Waals surface area contributed by atoms with Crippen LogP contribution in [-0.4, -0.2) is 21.3 Å². The predicted octanol–water partition coefficient (Wildman–Crippen LogP) is 7.23. The number of allylic oxidation sites excluding steroid dienone is 4. The molecule has 156 valence electrons. The zero-order valence-corrected chi connectivity index (χ0v) is 18.3. The van der Waals surface area contributed by atoms with E-state index in [2.05, 4.69) is 32.2 Å². The second kappa shape index (κ2) is 8.95. The Morgan fingerprint density at radius 1 is 1.03 bits per heavy atom. The molecule has 0 bridgehead atoms. The molecule has 0 radical (unpaired) electrons. The number of hydrogen-bond acceptors (Lipinski definition) is 4. The summed E-state index contributed by atoms with van der Waals surface area (Å²) in [6, 6.07) is 5.88. The van der Waals surface area contributed by atoms with E-state index in [1.54, 1.807) is 21.3 Å². The van der Waals surface area contributed by atoms with E-state index in [1.165, 1.54) is 0 Å². The van der Waals surface area contributed by atoms with Gasteiger partial charge in [0.15, 0.2) is 11.5 Å². The normalized spacial score (nSPS) is 12.3. The van der Waals surface area contributed by atoms with Gasteiger partial charge in [0.1, 0.15) is 11.2 Å². The van der Waals surface area contributed by atoms with E-state index in [4.69, 9.17) is 18.6 Å². The average molecular weight is 405 g/mol. The molecule has 3 rings (SSSR count). The fraction of sp³-hybridized carbons (Fsp3) is 0.231. The van der Waals surface area contributed by atoms with Crippen LogP contribution in [0.4, 0.5) is 0 Å². The third kappa shape index (κ3) is 3.50. The lowest BCUT2D eigenvalue weighted by Gasteiger charge is -2.11. The van der Waals surface area contributed by atoms with Crippen molar-refractivity contribution in [2.24, 2.45) is 0 Å². The maximum absolute atomic E-state index is 6.37. The molecule has 0 N–H and O–H groups in total. The van der Waals surface area contributed by atoms with Crippen molar-refractivity contribution in [1.29, 1.82) is 0 Å². The highest BCUT2D eigenvalue weighted by Crippen LogP contribution is 2.43. The molecule has 0 aliphatic heterocycles. The maximum Gasteiger partial charge on any atom is 0.164 e. The Bertz CT molecular complexity index is 1170. The van der Waals surface area contributed by atoms with E-state index in [0.717, 1.165) is 56.4 Å². The van der Waals surface area contributed by atoms with Gasteiger partial charge in [0.25, 0.3) is 0 Å². The van der Waals surface area contributed by atoms with Gasteiger partial charge in [-0.15, -0.1) is 0 Å². The summed E-state index contributed by atoms with van der Waals surface area (Å²) < 4.78 is 22.9. The third-order valence-corrected chi connectivity index (χ3v) is 5.29. The molecule has 2 aromatic carbocycles. The molecule has 4 heteroatoms. The van der Waals surface area contributed by atoms with Crippen molar-refractivity contribution in [3.8, 4) is 11.5 Å². The Morgan fingerprint density at radius 2 is 1.73 bits per heavy atom. The van der Waals surface area contributed by atoms with Gasteiger partial charge in [-0.25, -0.2) is 0 Å². The Labute approximate surface area is 177 Å². The van der Waals surface area contributed by atoms with Crippen LogP contribution in [0.5, 0.6) is 11.5 Å². The van der Waals surface area contributed by atoms with Gasteiger partial charge in [-0.1, -0.05) is 38.3 Å². The number of furan rings is 1. The quantitative estimate of drug-likeness (QED) is 0.293. The summed E-state index contributed by atoms with van der Waals surface area (Å²) in [6.45, 7) is 12.1. The van der Waals surface area contributed by atoms with Crippen molar-refractivity contribution >= 4 is 39.7 Å². The van der Waals surface area contributed by atoms with Gasteiger partial charge in [-0.3, -0.25) is 0 Å². The molecule has 0 spiro atoms. The topological polar surface area (TPSA) is 40.8 Å². The summed E-state index contributed by atoms with van der Waals surface area (Å²) in [6.07, 6.45) is 8.58. The summed E-state index contributed by atoms with van der Waals surface area (Å²) >= 11 is 0. The van der Waals surface area contributed by atoms with Crippen LogP contribution in [0.3, 0.4) is 0 Å². The number of fused-ring (bicyclic) bond motifs is 3. The zero-order valence-electron chi connectivity index (χ0n) is 18.3. The van der Waals surface area contributed by atoms with E-state index in [-0.39, 0.29) is 0 Å². The largest absolute Gasteiger partial charge is 0.501 e. The molecule has 0 atom stereocenters. The smallest absolute Gasteiger partial charge is 0.164 e. The molecule has 0 amide bonds. The van der Waals surface area contributed by atoms with Gasteiger partial charge in [0, 0.05) is 28.8 Å². The highest BCUT2D eigenvalue weighted by atomic mass is 16.5. The van der Waals surface area contributed by atoms with Crippen LogP contribution in [0.1, 0.15) is 37.0 Å². The van der Waals surface area contributed by atoms with Gasteiger partial charge >= 0.3 is 0 Å². The van der Waals surface area contributed by atoms with Gasteiger partial charge in [-0.05, 0) is 41.8 Å². The maximum atomic E-state index is 6.37. The van der Waals surface area contributed by atoms with Crippen molar-refractivity contribution in [2.45, 2.75) is 20.3 Å². The molecule has 3 aromatic rings. The first-order valence-corrected chi connectivity index (χ1v) is 9.88. The molecule has 1 aromatic heterocycles. The van der Waals surface area contributed by atoms with E-state index >= 15 is 0 Å². The second-order valence-electron chi connectivity index (χ2n) is 6.76. The standard InChI is InChI=1S/C26H28O4/c1-8-16(12-18(10-3)27-5)20-13-17(9-2)19(11-4)25-21-14-23(28-6)24(29-7)15-22(21)30-26(20)25/h8-9,11-15H,2,4,10H2,1,3,5-7H3/b16-8+,18-12+. The summed E-state index contributed by atoms with van der Waals surface area (Å²) in [5.41, 5.74) is 5.41. The summed E-state index contributed by atoms with van der Waals surface area (Å²) in [5.74, 6) is 2.16. The van der Waals surface area contributed by atoms with Crippen LogP contribution in [0.2, 0.25) is 0 Å². The molecule has 0 saturated heterocycles. The number of methoxy groups -OCH3 is 3. The van der Waals surface area contributed by atoms with Crippen LogP contribution in [0.25, 0.3) is 39.7 Å². The van der Waals surface area contributed by atoms with E-state index < -0.39 is 0 Å². The second-order valence-corrected chi connectivity index (χ2v) is 6.76. The first-order valence-electron chi connectivity index (χ1n) is 9.88. The highest BCUT2D eigenvalue weighted by Gasteiger charge is 2.20. The summed E-state index contributed by atoms with van der Waals surface area (Å²) in [7, 11) is 4.93. The minimum Gasteiger partial charge on any atom is -0.501 e. The fourth-order valence-corrected chi connectivity index (χ4v) is 3.72. The minimum atomic E-state index is 0.619. The molecule has 0 aliphatic rings. The number of ether oxygens (including phenoxy) is 3. The van der Waals surface area contributed by atoms with Crippen molar-refractivity contribution in [1.82, 2.24) is 0 Å². The summed E-state index contributed by atoms with van der Waals surface area (Å²) in [4.78, 5) is 0. The van der Waals surface area contributed by atoms with Gasteiger partial charge in [0.2, 0.25) is 0 Å². The van der Waals surface area contributed by atoms with Crippen molar-refractivity contribution < 1.29 is 18.6 Å². The van der Waals surface area contributed by atoms with E-state index in [0.29, 0.717) is 11.5 Å². The van der Waals surface area contributed by atoms with Gasteiger partial charge in [0.05, 0.1) is 27.1 Å². The molecule has 0 saturated carbocycles. The lowest BCUT2D eigenvalue weighted by Crippen LogP contribution is -1.92. The van der Waals surface area contributed by atoms with E-state index in [1.807, 2.05) is 37.3 Å². The van der Waals surface area contributed by atoms with Crippen LogP contribution in [0, 0.1) is 0 Å². The number of benzene rings is 2. The molecular formula is C26H28O4. The van der Waals surface area contributed by atoms with Crippen molar-refractivity contribution in [3.63, 3.8) is 0 Å². The first kappa shape index (κ1) is 21.3. The Kier molecular flexibility index (Phi) is 6.36. The lowest BCUT2D eigenvalue weighted by atomic mass is 9.93. The SMILES string of the molecule is C=Cc1cc(C(/C=C(\CC)OC)=C/C)c2oc3cc(OC)c(OC)cc3c2c1C=C. The van der Waals surface area contributed by atoms with Crippen molar-refractivity contribution in [3.05, 3.63) is 66.0 Å². The molecule has 4 nitrogen and oxygen atoms in total. The zero-order chi connectivity index (χ0) is 21.8. The van der Waals surface area contributed by atoms with Crippen LogP contribution in [0.15, 0.2) is 53.7 Å². The Balaban J connectivity index is 2.49. The highest BCUT2D eigenvalue weighted by molar-refractivity contribution is 6.14. The average Bonchev–Trinajstić information content (AvgIpc) is 3.16. The monoisotopic (exact) mass is 404 g/mol. The molecule has 0 unspecified atom stereocenters. The third-order valence-electron chi connectivity index (χ3n) is 5.29. The van der Waals surface area contributed by atoms with Gasteiger partial charge < -0.3 is 18.6 Å². The number of rotatable bonds is 8. The van der Waals surface area contributed by atoms with Gasteiger partial charge in [-0.2, -0.15) is 0 Å². The number of hydrogen-bond donors (Lipinski definition) is 0. The first-order chi connectivity index (χ1) is 14.6. The van der Waals surface area contributed by atoms with Crippen LogP contribution >= 0.6 is 0 Å². The molecule has 1 heterocycles. The summed E-state index contributed by atoms with van der Waals surface area (Å²) in [5, 5.41) is 1.90. The molecular weight excluding hydrogens is 376 g/mol. The Hall–Kier alpha value is -3.40. The van der Waals surface area contributed by atoms with Crippen molar-refractivity contribution in [2.75, 3.05) is 21.3 Å². The Morgan fingerprint density at radius 3 is 2.27 bits per heavy atom.